The topological polar surface area (TPSA) is 86.9 Å². The second-order valence-electron chi connectivity index (χ2n) is 9.06. The maximum Gasteiger partial charge on any atom is 0.419 e. The Morgan fingerprint density at radius 2 is 1.94 bits per heavy atom. The minimum absolute atomic E-state index is 0.476. The molecule has 10 heteroatoms. The number of aromatic nitrogens is 5. The van der Waals surface area contributed by atoms with E-state index in [2.05, 4.69) is 20.4 Å². The number of aryl methyl sites for hydroxylation is 1. The molecule has 8 nitrogen and oxygen atoms in total. The number of nitrogens with one attached hydrogen (secondary N) is 1. The van der Waals surface area contributed by atoms with E-state index in [4.69, 9.17) is 16.3 Å². The number of nitrogens with zero attached hydrogens (tertiary/aromatic N) is 5. The zero-order valence-corrected chi connectivity index (χ0v) is 21.2. The summed E-state index contributed by atoms with van der Waals surface area (Å²) in [6.07, 6.45) is 6.62. The van der Waals surface area contributed by atoms with Gasteiger partial charge in [-0.25, -0.2) is 14.3 Å². The highest BCUT2D eigenvalue weighted by molar-refractivity contribution is 7.13. The Morgan fingerprint density at radius 1 is 1.11 bits per heavy atom. The number of halogens is 1. The molecule has 178 valence electrons. The van der Waals surface area contributed by atoms with Crippen molar-refractivity contribution in [1.29, 1.82) is 0 Å². The third-order valence-electron chi connectivity index (χ3n) is 5.21. The highest BCUT2D eigenvalue weighted by Crippen LogP contribution is 2.34. The van der Waals surface area contributed by atoms with Gasteiger partial charge in [-0.05, 0) is 44.5 Å². The lowest BCUT2D eigenvalue weighted by molar-refractivity contribution is 0.0547. The monoisotopic (exact) mass is 506 g/mol. The van der Waals surface area contributed by atoms with Gasteiger partial charge in [-0.15, -0.1) is 11.3 Å². The van der Waals surface area contributed by atoms with Gasteiger partial charge in [0.1, 0.15) is 11.4 Å². The highest BCUT2D eigenvalue weighted by Gasteiger charge is 2.24. The van der Waals surface area contributed by atoms with Gasteiger partial charge in [-0.1, -0.05) is 17.7 Å². The van der Waals surface area contributed by atoms with Gasteiger partial charge < -0.3 is 10.1 Å². The number of pyridine rings is 1. The summed E-state index contributed by atoms with van der Waals surface area (Å²) in [6.45, 7) is 5.52. The van der Waals surface area contributed by atoms with Crippen LogP contribution in [0.2, 0.25) is 5.02 Å². The SMILES string of the molecule is Cn1cc(-c2cc3cnc(Nc4ccc(-c5cncs5)cc4Cl)cc3n2C(=O)OC(C)(C)C)cn1. The second kappa shape index (κ2) is 8.83. The molecule has 0 aliphatic rings. The van der Waals surface area contributed by atoms with Gasteiger partial charge in [-0.3, -0.25) is 9.67 Å². The summed E-state index contributed by atoms with van der Waals surface area (Å²) in [5, 5.41) is 8.87. The molecule has 0 aliphatic heterocycles. The first kappa shape index (κ1) is 23.1. The van der Waals surface area contributed by atoms with E-state index in [-0.39, 0.29) is 0 Å². The molecule has 0 bridgehead atoms. The first-order chi connectivity index (χ1) is 16.7. The summed E-state index contributed by atoms with van der Waals surface area (Å²) in [5.74, 6) is 0.547. The molecule has 0 unspecified atom stereocenters. The van der Waals surface area contributed by atoms with Crippen LogP contribution in [-0.2, 0) is 11.8 Å². The van der Waals surface area contributed by atoms with Crippen molar-refractivity contribution in [2.45, 2.75) is 26.4 Å². The van der Waals surface area contributed by atoms with Crippen molar-refractivity contribution in [3.63, 3.8) is 0 Å². The van der Waals surface area contributed by atoms with Crippen molar-refractivity contribution in [3.05, 3.63) is 65.7 Å². The molecule has 0 spiro atoms. The average molecular weight is 507 g/mol. The second-order valence-corrected chi connectivity index (χ2v) is 10.4. The van der Waals surface area contributed by atoms with E-state index in [1.165, 1.54) is 0 Å². The Morgan fingerprint density at radius 3 is 2.60 bits per heavy atom. The Hall–Kier alpha value is -3.69. The Bertz CT molecular complexity index is 1530. The molecule has 1 aromatic carbocycles. The zero-order valence-electron chi connectivity index (χ0n) is 19.6. The van der Waals surface area contributed by atoms with Gasteiger partial charge >= 0.3 is 6.09 Å². The third-order valence-corrected chi connectivity index (χ3v) is 6.35. The van der Waals surface area contributed by atoms with Crippen LogP contribution in [0, 0.1) is 0 Å². The number of rotatable bonds is 4. The number of ether oxygens (including phenoxy) is 1. The molecular weight excluding hydrogens is 484 g/mol. The van der Waals surface area contributed by atoms with Crippen molar-refractivity contribution >= 4 is 51.4 Å². The smallest absolute Gasteiger partial charge is 0.419 e. The molecule has 5 rings (SSSR count). The first-order valence-corrected chi connectivity index (χ1v) is 12.1. The van der Waals surface area contributed by atoms with Crippen LogP contribution >= 0.6 is 22.9 Å². The molecule has 5 aromatic rings. The first-order valence-electron chi connectivity index (χ1n) is 10.9. The normalized spacial score (nSPS) is 11.7. The van der Waals surface area contributed by atoms with Gasteiger partial charge in [0.05, 0.1) is 38.5 Å². The van der Waals surface area contributed by atoms with E-state index < -0.39 is 11.7 Å². The van der Waals surface area contributed by atoms with Gasteiger partial charge in [0.25, 0.3) is 0 Å². The van der Waals surface area contributed by atoms with Crippen molar-refractivity contribution in [2.75, 3.05) is 5.32 Å². The molecule has 1 N–H and O–H groups in total. The standard InChI is InChI=1S/C25H23ClN6O2S/c1-25(2,3)34-24(33)32-20(17-11-29-31(4)13-17)8-16-10-28-23(9-21(16)32)30-19-6-5-15(7-18(19)26)22-12-27-14-35-22/h5-14H,1-4H3,(H,28,30). The van der Waals surface area contributed by atoms with Crippen LogP contribution in [0.15, 0.2) is 60.6 Å². The van der Waals surface area contributed by atoms with Gasteiger partial charge in [0.15, 0.2) is 0 Å². The molecule has 0 saturated heterocycles. The molecule has 0 saturated carbocycles. The molecule has 0 radical (unpaired) electrons. The fourth-order valence-corrected chi connectivity index (χ4v) is 4.55. The number of hydrogen-bond donors (Lipinski definition) is 1. The zero-order chi connectivity index (χ0) is 24.7. The summed E-state index contributed by atoms with van der Waals surface area (Å²) in [4.78, 5) is 23.0. The van der Waals surface area contributed by atoms with Crippen molar-refractivity contribution in [2.24, 2.45) is 7.05 Å². The van der Waals surface area contributed by atoms with E-state index in [0.29, 0.717) is 27.7 Å². The molecule has 4 aromatic heterocycles. The predicted molar refractivity (Wildman–Crippen MR) is 139 cm³/mol. The van der Waals surface area contributed by atoms with Gasteiger partial charge in [0, 0.05) is 42.7 Å². The summed E-state index contributed by atoms with van der Waals surface area (Å²) in [5.41, 5.74) is 4.96. The molecule has 0 amide bonds. The Labute approximate surface area is 211 Å². The molecule has 0 aliphatic carbocycles. The number of fused-ring (bicyclic) bond motifs is 1. The maximum atomic E-state index is 13.3. The number of benzene rings is 1. The van der Waals surface area contributed by atoms with Crippen LogP contribution in [-0.4, -0.2) is 36.0 Å². The molecule has 0 atom stereocenters. The highest BCUT2D eigenvalue weighted by atomic mass is 35.5. The van der Waals surface area contributed by atoms with Crippen LogP contribution in [0.5, 0.6) is 0 Å². The fraction of sp³-hybridized carbons (Fsp3) is 0.200. The van der Waals surface area contributed by atoms with Crippen LogP contribution in [0.3, 0.4) is 0 Å². The minimum atomic E-state index is -0.651. The summed E-state index contributed by atoms with van der Waals surface area (Å²) in [6, 6.07) is 9.48. The average Bonchev–Trinajstić information content (AvgIpc) is 3.53. The fourth-order valence-electron chi connectivity index (χ4n) is 3.71. The number of carbonyl (C=O) groups excluding carboxylic acids is 1. The maximum absolute atomic E-state index is 13.3. The van der Waals surface area contributed by atoms with Crippen LogP contribution in [0.1, 0.15) is 20.8 Å². The predicted octanol–water partition coefficient (Wildman–Crippen LogP) is 6.74. The lowest BCUT2D eigenvalue weighted by Gasteiger charge is -2.21. The van der Waals surface area contributed by atoms with E-state index in [9.17, 15) is 4.79 Å². The molecule has 0 fully saturated rings. The van der Waals surface area contributed by atoms with Gasteiger partial charge in [-0.2, -0.15) is 5.10 Å². The molecule has 35 heavy (non-hydrogen) atoms. The van der Waals surface area contributed by atoms with Crippen LogP contribution < -0.4 is 5.32 Å². The number of hydrogen-bond acceptors (Lipinski definition) is 7. The van der Waals surface area contributed by atoms with E-state index >= 15 is 0 Å². The third kappa shape index (κ3) is 4.78. The quantitative estimate of drug-likeness (QED) is 0.290. The van der Waals surface area contributed by atoms with E-state index in [1.807, 2.05) is 70.5 Å². The molecular formula is C25H23ClN6O2S. The largest absolute Gasteiger partial charge is 0.443 e. The lowest BCUT2D eigenvalue weighted by Crippen LogP contribution is -2.27. The molecule has 4 heterocycles. The summed E-state index contributed by atoms with van der Waals surface area (Å²) in [7, 11) is 1.83. The van der Waals surface area contributed by atoms with Crippen LogP contribution in [0.25, 0.3) is 32.6 Å². The van der Waals surface area contributed by atoms with Crippen molar-refractivity contribution in [1.82, 2.24) is 24.3 Å². The van der Waals surface area contributed by atoms with E-state index in [1.54, 1.807) is 38.5 Å². The Balaban J connectivity index is 1.55. The minimum Gasteiger partial charge on any atom is -0.443 e. The van der Waals surface area contributed by atoms with E-state index in [0.717, 1.165) is 21.4 Å². The summed E-state index contributed by atoms with van der Waals surface area (Å²) >= 11 is 8.11. The van der Waals surface area contributed by atoms with Crippen molar-refractivity contribution < 1.29 is 9.53 Å². The lowest BCUT2D eigenvalue weighted by atomic mass is 10.2. The van der Waals surface area contributed by atoms with Crippen molar-refractivity contribution in [3.8, 4) is 21.7 Å². The number of thiazole rings is 1. The Kier molecular flexibility index (Phi) is 5.82. The van der Waals surface area contributed by atoms with Gasteiger partial charge in [0.2, 0.25) is 0 Å². The summed E-state index contributed by atoms with van der Waals surface area (Å²) < 4.78 is 8.96. The van der Waals surface area contributed by atoms with Crippen LogP contribution in [0.4, 0.5) is 16.3 Å². The number of carbonyl (C=O) groups is 1. The number of anilines is 2.